The highest BCUT2D eigenvalue weighted by atomic mass is 16.1. The SMILES string of the molecule is NC(=O)/C=C/c1cncnc1. The van der Waals surface area contributed by atoms with Gasteiger partial charge in [-0.2, -0.15) is 0 Å². The second kappa shape index (κ2) is 3.46. The number of primary amides is 1. The fraction of sp³-hybridized carbons (Fsp3) is 0. The molecule has 1 aromatic rings. The summed E-state index contributed by atoms with van der Waals surface area (Å²) in [6.45, 7) is 0. The highest BCUT2D eigenvalue weighted by Gasteiger charge is 1.85. The van der Waals surface area contributed by atoms with Crippen molar-refractivity contribution in [1.29, 1.82) is 0 Å². The first-order chi connectivity index (χ1) is 5.29. The van der Waals surface area contributed by atoms with Gasteiger partial charge in [-0.05, 0) is 6.08 Å². The average molecular weight is 149 g/mol. The van der Waals surface area contributed by atoms with Crippen LogP contribution in [-0.4, -0.2) is 15.9 Å². The maximum atomic E-state index is 10.3. The van der Waals surface area contributed by atoms with Gasteiger partial charge in [0.15, 0.2) is 0 Å². The molecule has 0 atom stereocenters. The van der Waals surface area contributed by atoms with Gasteiger partial charge in [0.1, 0.15) is 6.33 Å². The number of amides is 1. The van der Waals surface area contributed by atoms with Crippen LogP contribution in [0.25, 0.3) is 6.08 Å². The van der Waals surface area contributed by atoms with Gasteiger partial charge in [0.25, 0.3) is 0 Å². The summed E-state index contributed by atoms with van der Waals surface area (Å²) in [7, 11) is 0. The lowest BCUT2D eigenvalue weighted by molar-refractivity contribution is -0.113. The molecule has 0 unspecified atom stereocenters. The molecule has 0 spiro atoms. The molecule has 1 rings (SSSR count). The Labute approximate surface area is 63.8 Å². The van der Waals surface area contributed by atoms with Gasteiger partial charge in [-0.15, -0.1) is 0 Å². The molecule has 2 N–H and O–H groups in total. The second-order valence-electron chi connectivity index (χ2n) is 1.91. The molecule has 0 saturated carbocycles. The Morgan fingerprint density at radius 3 is 2.64 bits per heavy atom. The van der Waals surface area contributed by atoms with Crippen LogP contribution in [0.5, 0.6) is 0 Å². The third-order valence-electron chi connectivity index (χ3n) is 1.02. The number of nitrogens with two attached hydrogens (primary N) is 1. The van der Waals surface area contributed by atoms with E-state index in [0.29, 0.717) is 0 Å². The smallest absolute Gasteiger partial charge is 0.241 e. The van der Waals surface area contributed by atoms with E-state index >= 15 is 0 Å². The molecule has 0 aliphatic carbocycles. The predicted molar refractivity (Wildman–Crippen MR) is 40.3 cm³/mol. The van der Waals surface area contributed by atoms with Crippen LogP contribution in [0, 0.1) is 0 Å². The molecular formula is C7H7N3O. The molecular weight excluding hydrogens is 142 g/mol. The Morgan fingerprint density at radius 1 is 1.45 bits per heavy atom. The van der Waals surface area contributed by atoms with Crippen LogP contribution in [0.3, 0.4) is 0 Å². The summed E-state index contributed by atoms with van der Waals surface area (Å²) in [5, 5.41) is 0. The number of hydrogen-bond donors (Lipinski definition) is 1. The van der Waals surface area contributed by atoms with E-state index in [2.05, 4.69) is 9.97 Å². The van der Waals surface area contributed by atoms with Gasteiger partial charge in [-0.3, -0.25) is 4.79 Å². The van der Waals surface area contributed by atoms with Gasteiger partial charge >= 0.3 is 0 Å². The number of rotatable bonds is 2. The number of aromatic nitrogens is 2. The third kappa shape index (κ3) is 2.57. The van der Waals surface area contributed by atoms with Gasteiger partial charge in [-0.25, -0.2) is 9.97 Å². The summed E-state index contributed by atoms with van der Waals surface area (Å²) in [5.74, 6) is -0.478. The van der Waals surface area contributed by atoms with Crippen LogP contribution < -0.4 is 5.73 Å². The fourth-order valence-corrected chi connectivity index (χ4v) is 0.575. The summed E-state index contributed by atoms with van der Waals surface area (Å²) in [6.07, 6.45) is 7.42. The molecule has 4 nitrogen and oxygen atoms in total. The lowest BCUT2D eigenvalue weighted by atomic mass is 10.3. The zero-order valence-electron chi connectivity index (χ0n) is 5.77. The molecule has 1 aromatic heterocycles. The summed E-state index contributed by atoms with van der Waals surface area (Å²) >= 11 is 0. The highest BCUT2D eigenvalue weighted by molar-refractivity contribution is 5.90. The van der Waals surface area contributed by atoms with Crippen molar-refractivity contribution in [3.63, 3.8) is 0 Å². The summed E-state index contributed by atoms with van der Waals surface area (Å²) < 4.78 is 0. The highest BCUT2D eigenvalue weighted by Crippen LogP contribution is 1.94. The van der Waals surface area contributed by atoms with Gasteiger partial charge in [0.2, 0.25) is 5.91 Å². The van der Waals surface area contributed by atoms with Crippen molar-refractivity contribution in [2.45, 2.75) is 0 Å². The topological polar surface area (TPSA) is 68.9 Å². The first-order valence-electron chi connectivity index (χ1n) is 3.01. The quantitative estimate of drug-likeness (QED) is 0.600. The van der Waals surface area contributed by atoms with Gasteiger partial charge in [0.05, 0.1) is 0 Å². The monoisotopic (exact) mass is 149 g/mol. The summed E-state index contributed by atoms with van der Waals surface area (Å²) in [6, 6.07) is 0. The normalized spacial score (nSPS) is 10.2. The molecule has 4 heteroatoms. The lowest BCUT2D eigenvalue weighted by Crippen LogP contribution is -2.05. The minimum absolute atomic E-state index is 0.478. The fourth-order valence-electron chi connectivity index (χ4n) is 0.575. The molecule has 11 heavy (non-hydrogen) atoms. The minimum atomic E-state index is -0.478. The number of nitrogens with zero attached hydrogens (tertiary/aromatic N) is 2. The Kier molecular flexibility index (Phi) is 2.32. The van der Waals surface area contributed by atoms with Gasteiger partial charge in [0, 0.05) is 24.0 Å². The zero-order chi connectivity index (χ0) is 8.10. The van der Waals surface area contributed by atoms with E-state index in [1.54, 1.807) is 18.5 Å². The molecule has 0 aliphatic rings. The third-order valence-corrected chi connectivity index (χ3v) is 1.02. The van der Waals surface area contributed by atoms with Gasteiger partial charge in [-0.1, -0.05) is 0 Å². The van der Waals surface area contributed by atoms with E-state index < -0.39 is 5.91 Å². The summed E-state index contributed by atoms with van der Waals surface area (Å²) in [4.78, 5) is 17.8. The molecule has 0 radical (unpaired) electrons. The molecule has 0 aliphatic heterocycles. The molecule has 0 saturated heterocycles. The Morgan fingerprint density at radius 2 is 2.09 bits per heavy atom. The van der Waals surface area contributed by atoms with Crippen molar-refractivity contribution < 1.29 is 4.79 Å². The molecule has 0 bridgehead atoms. The van der Waals surface area contributed by atoms with Crippen molar-refractivity contribution in [1.82, 2.24) is 9.97 Å². The van der Waals surface area contributed by atoms with Crippen molar-refractivity contribution in [2.75, 3.05) is 0 Å². The van der Waals surface area contributed by atoms with Crippen LogP contribution in [0.1, 0.15) is 5.56 Å². The van der Waals surface area contributed by atoms with Gasteiger partial charge < -0.3 is 5.73 Å². The Hall–Kier alpha value is -1.71. The maximum Gasteiger partial charge on any atom is 0.241 e. The van der Waals surface area contributed by atoms with Crippen molar-refractivity contribution in [2.24, 2.45) is 5.73 Å². The molecule has 0 fully saturated rings. The van der Waals surface area contributed by atoms with Crippen LogP contribution in [-0.2, 0) is 4.79 Å². The predicted octanol–water partition coefficient (Wildman–Crippen LogP) is -0.0249. The van der Waals surface area contributed by atoms with Crippen LogP contribution in [0.15, 0.2) is 24.8 Å². The first-order valence-corrected chi connectivity index (χ1v) is 3.01. The van der Waals surface area contributed by atoms with Crippen LogP contribution in [0.4, 0.5) is 0 Å². The molecule has 1 heterocycles. The molecule has 56 valence electrons. The zero-order valence-corrected chi connectivity index (χ0v) is 5.77. The van der Waals surface area contributed by atoms with E-state index in [4.69, 9.17) is 5.73 Å². The molecule has 1 amide bonds. The maximum absolute atomic E-state index is 10.3. The van der Waals surface area contributed by atoms with Crippen LogP contribution >= 0.6 is 0 Å². The van der Waals surface area contributed by atoms with Crippen LogP contribution in [0.2, 0.25) is 0 Å². The minimum Gasteiger partial charge on any atom is -0.366 e. The largest absolute Gasteiger partial charge is 0.366 e. The molecule has 0 aromatic carbocycles. The second-order valence-corrected chi connectivity index (χ2v) is 1.91. The number of carbonyl (C=O) groups is 1. The van der Waals surface area contributed by atoms with E-state index in [0.717, 1.165) is 5.56 Å². The van der Waals surface area contributed by atoms with E-state index in [1.165, 1.54) is 12.4 Å². The lowest BCUT2D eigenvalue weighted by Gasteiger charge is -1.86. The number of hydrogen-bond acceptors (Lipinski definition) is 3. The van der Waals surface area contributed by atoms with E-state index in [9.17, 15) is 4.79 Å². The number of carbonyl (C=O) groups excluding carboxylic acids is 1. The van der Waals surface area contributed by atoms with Crippen molar-refractivity contribution in [3.05, 3.63) is 30.4 Å². The average Bonchev–Trinajstić information content (AvgIpc) is 2.03. The van der Waals surface area contributed by atoms with Crippen molar-refractivity contribution >= 4 is 12.0 Å². The van der Waals surface area contributed by atoms with E-state index in [1.807, 2.05) is 0 Å². The summed E-state index contributed by atoms with van der Waals surface area (Å²) in [5.41, 5.74) is 5.63. The van der Waals surface area contributed by atoms with E-state index in [-0.39, 0.29) is 0 Å². The Balaban J connectivity index is 2.72. The first kappa shape index (κ1) is 7.40. The Bertz CT molecular complexity index is 268. The van der Waals surface area contributed by atoms with Crippen molar-refractivity contribution in [3.8, 4) is 0 Å². The standard InChI is InChI=1S/C7H7N3O/c8-7(11)2-1-6-3-9-5-10-4-6/h1-5H,(H2,8,11)/b2-1+.